The minimum Gasteiger partial charge on any atom is -0.497 e. The molecule has 6 heteroatoms. The van der Waals surface area contributed by atoms with Crippen LogP contribution in [0.4, 0.5) is 5.69 Å². The molecule has 0 atom stereocenters. The summed E-state index contributed by atoms with van der Waals surface area (Å²) in [6.07, 6.45) is 1.73. The molecule has 0 bridgehead atoms. The second kappa shape index (κ2) is 6.94. The Hall–Kier alpha value is -2.86. The van der Waals surface area contributed by atoms with E-state index in [9.17, 15) is 4.79 Å². The van der Waals surface area contributed by atoms with E-state index in [-0.39, 0.29) is 5.91 Å². The van der Waals surface area contributed by atoms with E-state index in [4.69, 9.17) is 21.7 Å². The number of carbonyl (C=O) groups is 1. The molecule has 1 N–H and O–H groups in total. The van der Waals surface area contributed by atoms with Gasteiger partial charge in [0.05, 0.1) is 19.9 Å². The number of benzene rings is 2. The number of thiocarbonyl (C=S) groups is 1. The molecule has 128 valence electrons. The second-order valence-corrected chi connectivity index (χ2v) is 5.91. The van der Waals surface area contributed by atoms with Gasteiger partial charge in [0.25, 0.3) is 5.91 Å². The summed E-state index contributed by atoms with van der Waals surface area (Å²) in [6, 6.07) is 13.0. The Bertz CT molecular complexity index is 877. The number of hydrogen-bond acceptors (Lipinski definition) is 4. The number of nitrogens with one attached hydrogen (secondary N) is 1. The van der Waals surface area contributed by atoms with E-state index in [1.54, 1.807) is 26.4 Å². The van der Waals surface area contributed by atoms with Crippen LogP contribution in [0, 0.1) is 6.92 Å². The number of amides is 1. The van der Waals surface area contributed by atoms with Gasteiger partial charge in [-0.1, -0.05) is 18.2 Å². The molecule has 5 nitrogen and oxygen atoms in total. The predicted molar refractivity (Wildman–Crippen MR) is 102 cm³/mol. The number of carbonyl (C=O) groups excluding carboxylic acids is 1. The highest BCUT2D eigenvalue weighted by Gasteiger charge is 2.32. The van der Waals surface area contributed by atoms with Crippen molar-refractivity contribution in [1.82, 2.24) is 5.32 Å². The maximum absolute atomic E-state index is 12.8. The van der Waals surface area contributed by atoms with Crippen molar-refractivity contribution in [2.24, 2.45) is 0 Å². The van der Waals surface area contributed by atoms with Crippen LogP contribution < -0.4 is 19.7 Å². The molecule has 25 heavy (non-hydrogen) atoms. The van der Waals surface area contributed by atoms with E-state index >= 15 is 0 Å². The topological polar surface area (TPSA) is 50.8 Å². The largest absolute Gasteiger partial charge is 0.497 e. The Morgan fingerprint density at radius 2 is 1.88 bits per heavy atom. The first-order chi connectivity index (χ1) is 12.0. The molecule has 0 aromatic heterocycles. The van der Waals surface area contributed by atoms with E-state index in [1.165, 1.54) is 4.90 Å². The van der Waals surface area contributed by atoms with Crippen LogP contribution in [0.3, 0.4) is 0 Å². The quantitative estimate of drug-likeness (QED) is 0.675. The lowest BCUT2D eigenvalue weighted by molar-refractivity contribution is -0.113. The average molecular weight is 354 g/mol. The van der Waals surface area contributed by atoms with Crippen molar-refractivity contribution in [1.29, 1.82) is 0 Å². The maximum atomic E-state index is 12.8. The van der Waals surface area contributed by atoms with E-state index in [1.807, 2.05) is 43.3 Å². The number of para-hydroxylation sites is 1. The minimum atomic E-state index is -0.197. The van der Waals surface area contributed by atoms with Crippen LogP contribution in [0.5, 0.6) is 11.5 Å². The van der Waals surface area contributed by atoms with Crippen LogP contribution >= 0.6 is 12.2 Å². The summed E-state index contributed by atoms with van der Waals surface area (Å²) in [5.74, 6) is 1.10. The molecule has 0 aliphatic carbocycles. The smallest absolute Gasteiger partial charge is 0.281 e. The fraction of sp³-hybridized carbons (Fsp3) is 0.158. The number of hydrogen-bond donors (Lipinski definition) is 1. The maximum Gasteiger partial charge on any atom is 0.281 e. The van der Waals surface area contributed by atoms with E-state index in [2.05, 4.69) is 5.32 Å². The van der Waals surface area contributed by atoms with Gasteiger partial charge in [-0.05, 0) is 49.0 Å². The zero-order chi connectivity index (χ0) is 18.0. The van der Waals surface area contributed by atoms with Gasteiger partial charge >= 0.3 is 0 Å². The normalized spacial score (nSPS) is 15.5. The molecule has 2 aromatic rings. The van der Waals surface area contributed by atoms with Crippen molar-refractivity contribution in [2.45, 2.75) is 6.92 Å². The first-order valence-electron chi connectivity index (χ1n) is 7.70. The number of rotatable bonds is 4. The second-order valence-electron chi connectivity index (χ2n) is 5.52. The SMILES string of the molecule is COc1ccc(/C=C2\NC(=S)N(c3ccccc3C)C2=O)c(OC)c1. The Labute approximate surface area is 151 Å². The van der Waals surface area contributed by atoms with E-state index in [0.717, 1.165) is 16.8 Å². The Morgan fingerprint density at radius 3 is 2.56 bits per heavy atom. The van der Waals surface area contributed by atoms with Crippen molar-refractivity contribution in [2.75, 3.05) is 19.1 Å². The number of methoxy groups -OCH3 is 2. The minimum absolute atomic E-state index is 0.197. The summed E-state index contributed by atoms with van der Waals surface area (Å²) in [6.45, 7) is 1.94. The summed E-state index contributed by atoms with van der Waals surface area (Å²) < 4.78 is 10.6. The van der Waals surface area contributed by atoms with Gasteiger partial charge < -0.3 is 14.8 Å². The van der Waals surface area contributed by atoms with Crippen molar-refractivity contribution in [3.05, 3.63) is 59.3 Å². The molecule has 3 rings (SSSR count). The zero-order valence-corrected chi connectivity index (χ0v) is 15.0. The van der Waals surface area contributed by atoms with Gasteiger partial charge in [-0.15, -0.1) is 0 Å². The van der Waals surface area contributed by atoms with Gasteiger partial charge in [-0.2, -0.15) is 0 Å². The lowest BCUT2D eigenvalue weighted by Gasteiger charge is -2.16. The predicted octanol–water partition coefficient (Wildman–Crippen LogP) is 3.27. The van der Waals surface area contributed by atoms with Crippen LogP contribution in [0.25, 0.3) is 6.08 Å². The van der Waals surface area contributed by atoms with E-state index < -0.39 is 0 Å². The van der Waals surface area contributed by atoms with E-state index in [0.29, 0.717) is 22.3 Å². The first-order valence-corrected chi connectivity index (χ1v) is 8.10. The number of ether oxygens (including phenoxy) is 2. The third-order valence-corrected chi connectivity index (χ3v) is 4.26. The Kier molecular flexibility index (Phi) is 4.72. The van der Waals surface area contributed by atoms with Crippen LogP contribution in [-0.2, 0) is 4.79 Å². The summed E-state index contributed by atoms with van der Waals surface area (Å²) in [7, 11) is 3.17. The monoisotopic (exact) mass is 354 g/mol. The van der Waals surface area contributed by atoms with Gasteiger partial charge in [-0.3, -0.25) is 9.69 Å². The highest BCUT2D eigenvalue weighted by Crippen LogP contribution is 2.29. The molecule has 1 aliphatic rings. The molecule has 1 amide bonds. The number of aryl methyl sites for hydroxylation is 1. The molecule has 0 spiro atoms. The molecule has 0 saturated carbocycles. The van der Waals surface area contributed by atoms with Gasteiger partial charge in [0.15, 0.2) is 5.11 Å². The van der Waals surface area contributed by atoms with Gasteiger partial charge in [0.2, 0.25) is 0 Å². The van der Waals surface area contributed by atoms with Crippen LogP contribution in [0.1, 0.15) is 11.1 Å². The molecule has 0 radical (unpaired) electrons. The van der Waals surface area contributed by atoms with Crippen molar-refractivity contribution < 1.29 is 14.3 Å². The third-order valence-electron chi connectivity index (χ3n) is 3.98. The highest BCUT2D eigenvalue weighted by atomic mass is 32.1. The van der Waals surface area contributed by atoms with Crippen molar-refractivity contribution in [3.63, 3.8) is 0 Å². The summed E-state index contributed by atoms with van der Waals surface area (Å²) in [5, 5.41) is 3.35. The Morgan fingerprint density at radius 1 is 1.12 bits per heavy atom. The van der Waals surface area contributed by atoms with Crippen molar-refractivity contribution in [3.8, 4) is 11.5 Å². The van der Waals surface area contributed by atoms with Gasteiger partial charge in [0.1, 0.15) is 17.2 Å². The first kappa shape index (κ1) is 17.0. The van der Waals surface area contributed by atoms with Crippen LogP contribution in [0.15, 0.2) is 48.2 Å². The molecular weight excluding hydrogens is 336 g/mol. The third kappa shape index (κ3) is 3.21. The molecule has 2 aromatic carbocycles. The summed E-state index contributed by atoms with van der Waals surface area (Å²) >= 11 is 5.36. The standard InChI is InChI=1S/C19H18N2O3S/c1-12-6-4-5-7-16(12)21-18(22)15(20-19(21)25)10-13-8-9-14(23-2)11-17(13)24-3/h4-11H,1-3H3,(H,20,25)/b15-10-. The molecule has 0 unspecified atom stereocenters. The lowest BCUT2D eigenvalue weighted by Crippen LogP contribution is -2.30. The van der Waals surface area contributed by atoms with Crippen molar-refractivity contribution >= 4 is 35.0 Å². The molecule has 1 fully saturated rings. The summed E-state index contributed by atoms with van der Waals surface area (Å²) in [4.78, 5) is 14.3. The molecular formula is C19H18N2O3S. The lowest BCUT2D eigenvalue weighted by atomic mass is 10.1. The zero-order valence-electron chi connectivity index (χ0n) is 14.2. The van der Waals surface area contributed by atoms with Crippen LogP contribution in [0.2, 0.25) is 0 Å². The number of nitrogens with zero attached hydrogens (tertiary/aromatic N) is 1. The molecule has 1 saturated heterocycles. The molecule has 1 aliphatic heterocycles. The number of anilines is 1. The fourth-order valence-electron chi connectivity index (χ4n) is 2.66. The molecule has 1 heterocycles. The Balaban J connectivity index is 1.97. The fourth-order valence-corrected chi connectivity index (χ4v) is 2.95. The van der Waals surface area contributed by atoms with Gasteiger partial charge in [-0.25, -0.2) is 0 Å². The average Bonchev–Trinajstić information content (AvgIpc) is 2.89. The van der Waals surface area contributed by atoms with Crippen LogP contribution in [-0.4, -0.2) is 25.2 Å². The summed E-state index contributed by atoms with van der Waals surface area (Å²) in [5.41, 5.74) is 2.91. The van der Waals surface area contributed by atoms with Gasteiger partial charge in [0, 0.05) is 11.6 Å². The highest BCUT2D eigenvalue weighted by molar-refractivity contribution is 7.80.